The first kappa shape index (κ1) is 26.5. The molecule has 1 aliphatic carbocycles. The molecule has 202 valence electrons. The number of aliphatic imine (C=N–C) groups is 1. The van der Waals surface area contributed by atoms with Crippen molar-refractivity contribution in [2.24, 2.45) is 16.3 Å². The van der Waals surface area contributed by atoms with Gasteiger partial charge in [0.1, 0.15) is 17.3 Å². The van der Waals surface area contributed by atoms with E-state index >= 15 is 0 Å². The lowest BCUT2D eigenvalue weighted by Crippen LogP contribution is -2.52. The van der Waals surface area contributed by atoms with E-state index in [0.29, 0.717) is 68.7 Å². The first-order valence-electron chi connectivity index (χ1n) is 12.7. The second-order valence-electron chi connectivity index (χ2n) is 9.93. The molecule has 1 saturated heterocycles. The van der Waals surface area contributed by atoms with Gasteiger partial charge in [0.25, 0.3) is 0 Å². The molecule has 2 atom stereocenters. The van der Waals surface area contributed by atoms with Crippen LogP contribution in [0.3, 0.4) is 0 Å². The normalized spacial score (nSPS) is 24.8. The summed E-state index contributed by atoms with van der Waals surface area (Å²) in [6, 6.07) is 7.48. The van der Waals surface area contributed by atoms with E-state index in [-0.39, 0.29) is 23.2 Å². The quantitative estimate of drug-likeness (QED) is 0.534. The van der Waals surface area contributed by atoms with E-state index in [1.165, 1.54) is 28.8 Å². The number of benzene rings is 1. The number of ether oxygens (including phenoxy) is 2. The topological polar surface area (TPSA) is 108 Å². The summed E-state index contributed by atoms with van der Waals surface area (Å²) >= 11 is 0. The minimum absolute atomic E-state index is 0.100. The zero-order valence-electron chi connectivity index (χ0n) is 21.6. The lowest BCUT2D eigenvalue weighted by Gasteiger charge is -2.47. The Kier molecular flexibility index (Phi) is 7.34. The Morgan fingerprint density at radius 3 is 2.84 bits per heavy atom. The fourth-order valence-electron chi connectivity index (χ4n) is 5.39. The summed E-state index contributed by atoms with van der Waals surface area (Å²) in [6.07, 6.45) is 5.73. The van der Waals surface area contributed by atoms with Crippen molar-refractivity contribution in [1.82, 2.24) is 9.29 Å². The summed E-state index contributed by atoms with van der Waals surface area (Å²) in [6.45, 7) is 4.43. The van der Waals surface area contributed by atoms with Gasteiger partial charge in [-0.3, -0.25) is 4.99 Å². The number of halogens is 1. The maximum Gasteiger partial charge on any atom is 0.244 e. The predicted molar refractivity (Wildman–Crippen MR) is 144 cm³/mol. The number of hydrogen-bond donors (Lipinski definition) is 1. The van der Waals surface area contributed by atoms with Crippen LogP contribution in [-0.4, -0.2) is 76.1 Å². The highest BCUT2D eigenvalue weighted by Crippen LogP contribution is 2.46. The second kappa shape index (κ2) is 10.5. The highest BCUT2D eigenvalue weighted by molar-refractivity contribution is 7.89. The molecule has 38 heavy (non-hydrogen) atoms. The number of pyridine rings is 1. The summed E-state index contributed by atoms with van der Waals surface area (Å²) in [7, 11) is -1.95. The van der Waals surface area contributed by atoms with Crippen LogP contribution in [-0.2, 0) is 14.8 Å². The number of aromatic nitrogens is 1. The molecule has 0 saturated carbocycles. The van der Waals surface area contributed by atoms with Gasteiger partial charge in [0.2, 0.25) is 10.0 Å². The Labute approximate surface area is 222 Å². The van der Waals surface area contributed by atoms with Gasteiger partial charge < -0.3 is 19.8 Å². The van der Waals surface area contributed by atoms with Gasteiger partial charge in [-0.1, -0.05) is 5.57 Å². The molecule has 0 bridgehead atoms. The Morgan fingerprint density at radius 2 is 2.11 bits per heavy atom. The lowest BCUT2D eigenvalue weighted by molar-refractivity contribution is 0.0398. The van der Waals surface area contributed by atoms with Gasteiger partial charge >= 0.3 is 0 Å². The summed E-state index contributed by atoms with van der Waals surface area (Å²) < 4.78 is 54.0. The first-order valence-corrected chi connectivity index (χ1v) is 14.2. The van der Waals surface area contributed by atoms with E-state index in [9.17, 15) is 12.8 Å². The van der Waals surface area contributed by atoms with Gasteiger partial charge in [-0.15, -0.1) is 0 Å². The second-order valence-corrected chi connectivity index (χ2v) is 11.9. The number of nitrogens with zero attached hydrogens (tertiary/aromatic N) is 4. The van der Waals surface area contributed by atoms with Gasteiger partial charge in [-0.25, -0.2) is 17.8 Å². The van der Waals surface area contributed by atoms with Gasteiger partial charge in [0.05, 0.1) is 18.8 Å². The van der Waals surface area contributed by atoms with Gasteiger partial charge in [0, 0.05) is 62.3 Å². The monoisotopic (exact) mass is 541 g/mol. The first-order chi connectivity index (χ1) is 18.3. The van der Waals surface area contributed by atoms with Gasteiger partial charge in [0.15, 0.2) is 11.6 Å². The molecule has 3 aliphatic rings. The third-order valence-electron chi connectivity index (χ3n) is 7.46. The molecule has 0 amide bonds. The molecular weight excluding hydrogens is 509 g/mol. The number of anilines is 1. The van der Waals surface area contributed by atoms with Crippen molar-refractivity contribution in [3.8, 4) is 5.75 Å². The van der Waals surface area contributed by atoms with Crippen LogP contribution >= 0.6 is 0 Å². The Balaban J connectivity index is 1.48. The third kappa shape index (κ3) is 4.97. The molecule has 0 spiro atoms. The Morgan fingerprint density at radius 1 is 1.32 bits per heavy atom. The summed E-state index contributed by atoms with van der Waals surface area (Å²) in [5.74, 6) is 0.420. The molecule has 9 nitrogen and oxygen atoms in total. The fourth-order valence-corrected chi connectivity index (χ4v) is 6.87. The molecule has 1 aromatic carbocycles. The molecule has 1 N–H and O–H groups in total. The molecule has 2 unspecified atom stereocenters. The highest BCUT2D eigenvalue weighted by atomic mass is 32.2. The smallest absolute Gasteiger partial charge is 0.244 e. The van der Waals surface area contributed by atoms with Crippen LogP contribution in [0.2, 0.25) is 0 Å². The van der Waals surface area contributed by atoms with Crippen molar-refractivity contribution in [3.05, 3.63) is 54.0 Å². The molecule has 11 heteroatoms. The van der Waals surface area contributed by atoms with Crippen LogP contribution < -0.4 is 9.64 Å². The SMILES string of the molecule is CCOCC12CC(C=N)C(=Nc3ccc(F)cc3)C=C1CCN(S(=O)(=O)c1cnc3c(c1)OCCN3C)C2. The van der Waals surface area contributed by atoms with E-state index in [4.69, 9.17) is 19.9 Å². The number of likely N-dealkylation sites (N-methyl/N-ethyl adjacent to an activating group) is 1. The third-order valence-corrected chi connectivity index (χ3v) is 9.27. The van der Waals surface area contributed by atoms with Gasteiger partial charge in [-0.2, -0.15) is 4.31 Å². The number of fused-ring (bicyclic) bond motifs is 2. The maximum atomic E-state index is 13.8. The summed E-state index contributed by atoms with van der Waals surface area (Å²) in [5.41, 5.74) is 1.79. The van der Waals surface area contributed by atoms with Crippen LogP contribution in [0, 0.1) is 22.6 Å². The minimum Gasteiger partial charge on any atom is -0.488 e. The van der Waals surface area contributed by atoms with E-state index in [2.05, 4.69) is 4.98 Å². The number of piperidine rings is 1. The molecule has 3 heterocycles. The molecule has 2 aliphatic heterocycles. The van der Waals surface area contributed by atoms with Crippen LogP contribution in [0.5, 0.6) is 5.75 Å². The number of hydrogen-bond acceptors (Lipinski definition) is 8. The zero-order valence-corrected chi connectivity index (χ0v) is 22.4. The maximum absolute atomic E-state index is 13.8. The summed E-state index contributed by atoms with van der Waals surface area (Å²) in [4.78, 5) is 11.1. The van der Waals surface area contributed by atoms with Crippen molar-refractivity contribution >= 4 is 33.5 Å². The minimum atomic E-state index is -3.85. The number of sulfonamides is 1. The van der Waals surface area contributed by atoms with E-state index in [1.54, 1.807) is 18.2 Å². The predicted octanol–water partition coefficient (Wildman–Crippen LogP) is 3.84. The molecule has 1 aromatic heterocycles. The molecule has 5 rings (SSSR count). The molecule has 0 radical (unpaired) electrons. The number of rotatable bonds is 7. The molecule has 2 aromatic rings. The van der Waals surface area contributed by atoms with Crippen LogP contribution in [0.1, 0.15) is 19.8 Å². The van der Waals surface area contributed by atoms with Crippen molar-refractivity contribution in [2.75, 3.05) is 51.4 Å². The summed E-state index contributed by atoms with van der Waals surface area (Å²) in [5, 5.41) is 8.12. The number of nitrogens with one attached hydrogen (secondary N) is 1. The largest absolute Gasteiger partial charge is 0.488 e. The fraction of sp³-hybridized carbons (Fsp3) is 0.444. The Hall–Kier alpha value is -3.15. The number of allylic oxidation sites excluding steroid dienone is 1. The Bertz CT molecular complexity index is 1380. The molecule has 1 fully saturated rings. The lowest BCUT2D eigenvalue weighted by atomic mass is 9.66. The zero-order chi connectivity index (χ0) is 26.9. The van der Waals surface area contributed by atoms with Crippen LogP contribution in [0.4, 0.5) is 15.9 Å². The van der Waals surface area contributed by atoms with Crippen molar-refractivity contribution in [3.63, 3.8) is 0 Å². The van der Waals surface area contributed by atoms with E-state index < -0.39 is 15.4 Å². The van der Waals surface area contributed by atoms with Crippen LogP contribution in [0.15, 0.2) is 58.1 Å². The van der Waals surface area contributed by atoms with Crippen molar-refractivity contribution < 1.29 is 22.3 Å². The average molecular weight is 542 g/mol. The average Bonchev–Trinajstić information content (AvgIpc) is 2.92. The van der Waals surface area contributed by atoms with Gasteiger partial charge in [-0.05, 0) is 50.1 Å². The van der Waals surface area contributed by atoms with Crippen LogP contribution in [0.25, 0.3) is 0 Å². The molecular formula is C27H32FN5O4S. The van der Waals surface area contributed by atoms with E-state index in [0.717, 1.165) is 5.57 Å². The standard InChI is InChI=1S/C27H32FN5O4S/c1-3-36-18-27-14-19(15-29)24(31-22-6-4-21(28)5-7-22)12-20(27)8-9-33(17-27)38(34,35)23-13-25-26(30-16-23)32(2)10-11-37-25/h4-7,12-13,15-16,19,29H,3,8-11,14,17-18H2,1-2H3. The van der Waals surface area contributed by atoms with E-state index in [1.807, 2.05) is 24.9 Å². The van der Waals surface area contributed by atoms with Crippen molar-refractivity contribution in [2.45, 2.75) is 24.7 Å². The highest BCUT2D eigenvalue weighted by Gasteiger charge is 2.47. The van der Waals surface area contributed by atoms with Crippen molar-refractivity contribution in [1.29, 1.82) is 5.41 Å².